The quantitative estimate of drug-likeness (QED) is 0.339. The molecule has 1 unspecified atom stereocenters. The SMILES string of the molecule is O=C(NC1CCCC1)NC(Cc1ccc(O)cc1)(c1cccc(F)c1)c1cccc(OC(F)(F)F)c1. The minimum atomic E-state index is -4.91. The van der Waals surface area contributed by atoms with Crippen molar-refractivity contribution in [3.8, 4) is 11.5 Å². The summed E-state index contributed by atoms with van der Waals surface area (Å²) in [4.78, 5) is 13.2. The second kappa shape index (κ2) is 10.5. The van der Waals surface area contributed by atoms with E-state index in [-0.39, 0.29) is 23.8 Å². The van der Waals surface area contributed by atoms with Crippen molar-refractivity contribution >= 4 is 6.03 Å². The molecule has 0 saturated heterocycles. The normalized spacial score (nSPS) is 15.8. The molecule has 1 saturated carbocycles. The molecule has 1 aliphatic rings. The van der Waals surface area contributed by atoms with E-state index in [1.165, 1.54) is 42.5 Å². The molecule has 0 aliphatic heterocycles. The number of urea groups is 1. The Bertz CT molecular complexity index is 1190. The fourth-order valence-electron chi connectivity index (χ4n) is 4.68. The van der Waals surface area contributed by atoms with E-state index in [1.54, 1.807) is 24.3 Å². The zero-order valence-electron chi connectivity index (χ0n) is 19.3. The Kier molecular flexibility index (Phi) is 7.37. The molecule has 2 amide bonds. The lowest BCUT2D eigenvalue weighted by Crippen LogP contribution is -2.53. The van der Waals surface area contributed by atoms with E-state index in [9.17, 15) is 27.5 Å². The van der Waals surface area contributed by atoms with Crippen LogP contribution in [0.3, 0.4) is 0 Å². The van der Waals surface area contributed by atoms with Crippen molar-refractivity contribution in [2.45, 2.75) is 50.0 Å². The third-order valence-corrected chi connectivity index (χ3v) is 6.30. The molecule has 9 heteroatoms. The van der Waals surface area contributed by atoms with Gasteiger partial charge in [-0.25, -0.2) is 9.18 Å². The number of benzene rings is 3. The van der Waals surface area contributed by atoms with Gasteiger partial charge in [-0.05, 0) is 65.9 Å². The van der Waals surface area contributed by atoms with E-state index in [1.807, 2.05) is 0 Å². The largest absolute Gasteiger partial charge is 0.573 e. The van der Waals surface area contributed by atoms with Gasteiger partial charge in [-0.1, -0.05) is 49.2 Å². The number of nitrogens with one attached hydrogen (secondary N) is 2. The van der Waals surface area contributed by atoms with Gasteiger partial charge in [0.1, 0.15) is 17.3 Å². The summed E-state index contributed by atoms with van der Waals surface area (Å²) in [5.74, 6) is -1.00. The van der Waals surface area contributed by atoms with Crippen LogP contribution in [-0.2, 0) is 12.0 Å². The zero-order chi connectivity index (χ0) is 25.8. The molecule has 1 atom stereocenters. The predicted molar refractivity (Wildman–Crippen MR) is 126 cm³/mol. The first kappa shape index (κ1) is 25.3. The summed E-state index contributed by atoms with van der Waals surface area (Å²) in [6, 6.07) is 16.5. The van der Waals surface area contributed by atoms with Crippen molar-refractivity contribution < 1.29 is 32.2 Å². The van der Waals surface area contributed by atoms with Crippen LogP contribution >= 0.6 is 0 Å². The first-order valence-corrected chi connectivity index (χ1v) is 11.6. The molecule has 1 fully saturated rings. The van der Waals surface area contributed by atoms with E-state index in [2.05, 4.69) is 15.4 Å². The predicted octanol–water partition coefficient (Wildman–Crippen LogP) is 6.16. The number of phenols is 1. The van der Waals surface area contributed by atoms with Gasteiger partial charge in [-0.2, -0.15) is 0 Å². The number of halogens is 4. The first-order chi connectivity index (χ1) is 17.1. The summed E-state index contributed by atoms with van der Waals surface area (Å²) in [6.07, 6.45) is -1.22. The molecular formula is C27H26F4N2O3. The van der Waals surface area contributed by atoms with Crippen molar-refractivity contribution in [2.75, 3.05) is 0 Å². The Morgan fingerprint density at radius 2 is 1.58 bits per heavy atom. The Morgan fingerprint density at radius 3 is 2.22 bits per heavy atom. The molecule has 0 heterocycles. The number of hydrogen-bond acceptors (Lipinski definition) is 3. The molecule has 1 aliphatic carbocycles. The number of carbonyl (C=O) groups is 1. The molecule has 4 rings (SSSR count). The zero-order valence-corrected chi connectivity index (χ0v) is 19.3. The lowest BCUT2D eigenvalue weighted by molar-refractivity contribution is -0.274. The van der Waals surface area contributed by atoms with Crippen molar-refractivity contribution in [2.24, 2.45) is 0 Å². The number of carbonyl (C=O) groups excluding carboxylic acids is 1. The fourth-order valence-corrected chi connectivity index (χ4v) is 4.68. The van der Waals surface area contributed by atoms with Gasteiger partial charge in [0.15, 0.2) is 0 Å². The highest BCUT2D eigenvalue weighted by Crippen LogP contribution is 2.37. The standard InChI is InChI=1S/C27H26F4N2O3/c28-21-7-3-5-19(15-21)26(17-18-11-13-23(34)14-12-18,33-25(35)32-22-8-1-2-9-22)20-6-4-10-24(16-20)36-27(29,30)31/h3-7,10-16,22,34H,1-2,8-9,17H2,(H2,32,33,35). The topological polar surface area (TPSA) is 70.6 Å². The van der Waals surface area contributed by atoms with Crippen LogP contribution in [0.4, 0.5) is 22.4 Å². The van der Waals surface area contributed by atoms with Gasteiger partial charge in [0.25, 0.3) is 0 Å². The lowest BCUT2D eigenvalue weighted by Gasteiger charge is -2.37. The van der Waals surface area contributed by atoms with Gasteiger partial charge in [-0.3, -0.25) is 0 Å². The number of amides is 2. The van der Waals surface area contributed by atoms with Crippen molar-refractivity contribution in [1.82, 2.24) is 10.6 Å². The van der Waals surface area contributed by atoms with Crippen LogP contribution in [-0.4, -0.2) is 23.5 Å². The molecule has 5 nitrogen and oxygen atoms in total. The van der Waals surface area contributed by atoms with Crippen molar-refractivity contribution in [3.05, 3.63) is 95.3 Å². The average Bonchev–Trinajstić information content (AvgIpc) is 3.32. The third kappa shape index (κ3) is 6.27. The highest BCUT2D eigenvalue weighted by atomic mass is 19.4. The van der Waals surface area contributed by atoms with Crippen LogP contribution < -0.4 is 15.4 Å². The van der Waals surface area contributed by atoms with E-state index >= 15 is 0 Å². The summed E-state index contributed by atoms with van der Waals surface area (Å²) >= 11 is 0. The van der Waals surface area contributed by atoms with E-state index in [4.69, 9.17) is 0 Å². The number of alkyl halides is 3. The molecule has 0 aromatic heterocycles. The van der Waals surface area contributed by atoms with Crippen LogP contribution in [0, 0.1) is 5.82 Å². The Hall–Kier alpha value is -3.75. The lowest BCUT2D eigenvalue weighted by atomic mass is 9.77. The van der Waals surface area contributed by atoms with E-state index < -0.39 is 29.5 Å². The van der Waals surface area contributed by atoms with Crippen molar-refractivity contribution in [3.63, 3.8) is 0 Å². The minimum Gasteiger partial charge on any atom is -0.508 e. The van der Waals surface area contributed by atoms with Crippen LogP contribution in [0.1, 0.15) is 42.4 Å². The molecule has 36 heavy (non-hydrogen) atoms. The van der Waals surface area contributed by atoms with Gasteiger partial charge in [0.2, 0.25) is 0 Å². The highest BCUT2D eigenvalue weighted by Gasteiger charge is 2.38. The van der Waals surface area contributed by atoms with Gasteiger partial charge in [0, 0.05) is 12.5 Å². The summed E-state index contributed by atoms with van der Waals surface area (Å²) in [7, 11) is 0. The van der Waals surface area contributed by atoms with Crippen LogP contribution in [0.5, 0.6) is 11.5 Å². The molecule has 0 bridgehead atoms. The van der Waals surface area contributed by atoms with Gasteiger partial charge >= 0.3 is 12.4 Å². The van der Waals surface area contributed by atoms with Gasteiger partial charge in [-0.15, -0.1) is 13.2 Å². The molecule has 0 radical (unpaired) electrons. The summed E-state index contributed by atoms with van der Waals surface area (Å²) in [6.45, 7) is 0. The fraction of sp³-hybridized carbons (Fsp3) is 0.296. The molecular weight excluding hydrogens is 476 g/mol. The molecule has 0 spiro atoms. The maximum Gasteiger partial charge on any atom is 0.573 e. The average molecular weight is 503 g/mol. The number of aromatic hydroxyl groups is 1. The molecule has 3 N–H and O–H groups in total. The summed E-state index contributed by atoms with van der Waals surface area (Å²) < 4.78 is 57.6. The Labute approximate surface area is 206 Å². The second-order valence-electron chi connectivity index (χ2n) is 8.91. The second-order valence-corrected chi connectivity index (χ2v) is 8.91. The van der Waals surface area contributed by atoms with Crippen LogP contribution in [0.15, 0.2) is 72.8 Å². The van der Waals surface area contributed by atoms with E-state index in [0.717, 1.165) is 31.7 Å². The number of ether oxygens (including phenoxy) is 1. The number of hydrogen-bond donors (Lipinski definition) is 3. The Morgan fingerprint density at radius 1 is 0.944 bits per heavy atom. The summed E-state index contributed by atoms with van der Waals surface area (Å²) in [5, 5.41) is 15.6. The minimum absolute atomic E-state index is 0.0243. The molecule has 3 aromatic carbocycles. The monoisotopic (exact) mass is 502 g/mol. The van der Waals surface area contributed by atoms with Gasteiger partial charge < -0.3 is 20.5 Å². The molecule has 190 valence electrons. The van der Waals surface area contributed by atoms with E-state index in [0.29, 0.717) is 11.1 Å². The number of rotatable bonds is 7. The van der Waals surface area contributed by atoms with Crippen LogP contribution in [0.2, 0.25) is 0 Å². The van der Waals surface area contributed by atoms with Gasteiger partial charge in [0.05, 0.1) is 5.54 Å². The highest BCUT2D eigenvalue weighted by molar-refractivity contribution is 5.76. The van der Waals surface area contributed by atoms with Crippen molar-refractivity contribution in [1.29, 1.82) is 0 Å². The Balaban J connectivity index is 1.84. The maximum atomic E-state index is 14.4. The maximum absolute atomic E-state index is 14.4. The summed E-state index contributed by atoms with van der Waals surface area (Å²) in [5.41, 5.74) is -0.210. The number of phenolic OH excluding ortho intramolecular Hbond substituents is 1. The first-order valence-electron chi connectivity index (χ1n) is 11.6. The molecule has 3 aromatic rings. The third-order valence-electron chi connectivity index (χ3n) is 6.30. The smallest absolute Gasteiger partial charge is 0.508 e. The van der Waals surface area contributed by atoms with Crippen LogP contribution in [0.25, 0.3) is 0 Å².